The molecule has 4 rings (SSSR count). The Morgan fingerprint density at radius 3 is 2.81 bits per heavy atom. The molecule has 0 unspecified atom stereocenters. The molecule has 0 atom stereocenters. The van der Waals surface area contributed by atoms with Crippen molar-refractivity contribution in [2.24, 2.45) is 0 Å². The van der Waals surface area contributed by atoms with Crippen LogP contribution in [0.1, 0.15) is 17.0 Å². The predicted octanol–water partition coefficient (Wildman–Crippen LogP) is 4.24. The SMILES string of the molecule is Cc1cc2nc(SCc3ccc(F)c(F)c3)n(Cc3ccco3)c(=O)c2[nH]1. The van der Waals surface area contributed by atoms with E-state index in [4.69, 9.17) is 4.42 Å². The minimum absolute atomic E-state index is 0.211. The third-order valence-corrected chi connectivity index (χ3v) is 5.13. The lowest BCUT2D eigenvalue weighted by Crippen LogP contribution is -2.23. The molecular weight excluding hydrogens is 372 g/mol. The van der Waals surface area contributed by atoms with Gasteiger partial charge in [0.2, 0.25) is 0 Å². The molecule has 5 nitrogen and oxygen atoms in total. The number of H-pyrrole nitrogens is 1. The van der Waals surface area contributed by atoms with E-state index in [-0.39, 0.29) is 12.1 Å². The first-order valence-electron chi connectivity index (χ1n) is 8.20. The standard InChI is InChI=1S/C19H15F2N3O2S/c1-11-7-16-17(22-11)18(25)24(9-13-3-2-6-26-13)19(23-16)27-10-12-4-5-14(20)15(21)8-12/h2-8,22H,9-10H2,1H3. The zero-order valence-electron chi connectivity index (χ0n) is 14.3. The van der Waals surface area contributed by atoms with Crippen LogP contribution in [0.4, 0.5) is 8.78 Å². The molecule has 0 fully saturated rings. The van der Waals surface area contributed by atoms with Gasteiger partial charge in [0.15, 0.2) is 16.8 Å². The van der Waals surface area contributed by atoms with Gasteiger partial charge in [0.05, 0.1) is 18.3 Å². The summed E-state index contributed by atoms with van der Waals surface area (Å²) in [5.74, 6) is -0.820. The molecule has 0 saturated heterocycles. The number of rotatable bonds is 5. The second-order valence-electron chi connectivity index (χ2n) is 6.11. The molecule has 138 valence electrons. The fraction of sp³-hybridized carbons (Fsp3) is 0.158. The van der Waals surface area contributed by atoms with E-state index in [1.165, 1.54) is 22.4 Å². The van der Waals surface area contributed by atoms with Crippen LogP contribution < -0.4 is 5.56 Å². The third kappa shape index (κ3) is 3.52. The summed E-state index contributed by atoms with van der Waals surface area (Å²) in [6, 6.07) is 9.08. The molecule has 3 aromatic heterocycles. The second-order valence-corrected chi connectivity index (χ2v) is 7.06. The average molecular weight is 387 g/mol. The van der Waals surface area contributed by atoms with Crippen molar-refractivity contribution in [1.82, 2.24) is 14.5 Å². The van der Waals surface area contributed by atoms with Crippen LogP contribution in [0.2, 0.25) is 0 Å². The molecule has 0 spiro atoms. The number of hydrogen-bond acceptors (Lipinski definition) is 4. The summed E-state index contributed by atoms with van der Waals surface area (Å²) < 4.78 is 33.4. The molecule has 3 heterocycles. The molecule has 0 amide bonds. The summed E-state index contributed by atoms with van der Waals surface area (Å²) in [7, 11) is 0. The maximum atomic E-state index is 13.4. The molecular formula is C19H15F2N3O2S. The molecule has 0 aliphatic rings. The summed E-state index contributed by atoms with van der Waals surface area (Å²) in [4.78, 5) is 20.5. The highest BCUT2D eigenvalue weighted by Crippen LogP contribution is 2.24. The van der Waals surface area contributed by atoms with Gasteiger partial charge in [0.1, 0.15) is 11.3 Å². The van der Waals surface area contributed by atoms with Crippen LogP contribution in [0.3, 0.4) is 0 Å². The lowest BCUT2D eigenvalue weighted by atomic mass is 10.2. The Kier molecular flexibility index (Phi) is 4.57. The number of thioether (sulfide) groups is 1. The Labute approximate surface area is 157 Å². The van der Waals surface area contributed by atoms with E-state index in [9.17, 15) is 13.6 Å². The monoisotopic (exact) mass is 387 g/mol. The van der Waals surface area contributed by atoms with E-state index >= 15 is 0 Å². The maximum absolute atomic E-state index is 13.4. The number of fused-ring (bicyclic) bond motifs is 1. The molecule has 0 bridgehead atoms. The van der Waals surface area contributed by atoms with Gasteiger partial charge >= 0.3 is 0 Å². The summed E-state index contributed by atoms with van der Waals surface area (Å²) in [5.41, 5.74) is 2.22. The maximum Gasteiger partial charge on any atom is 0.278 e. The fourth-order valence-corrected chi connectivity index (χ4v) is 3.74. The summed E-state index contributed by atoms with van der Waals surface area (Å²) in [6.07, 6.45) is 1.54. The first kappa shape index (κ1) is 17.5. The first-order valence-corrected chi connectivity index (χ1v) is 9.19. The van der Waals surface area contributed by atoms with Gasteiger partial charge in [-0.2, -0.15) is 0 Å². The highest BCUT2D eigenvalue weighted by molar-refractivity contribution is 7.98. The Balaban J connectivity index is 1.72. The highest BCUT2D eigenvalue weighted by Gasteiger charge is 2.15. The molecule has 0 aliphatic heterocycles. The minimum atomic E-state index is -0.897. The molecule has 0 saturated carbocycles. The smallest absolute Gasteiger partial charge is 0.278 e. The van der Waals surface area contributed by atoms with Gasteiger partial charge in [-0.25, -0.2) is 13.8 Å². The van der Waals surface area contributed by atoms with Gasteiger partial charge < -0.3 is 9.40 Å². The number of benzene rings is 1. The topological polar surface area (TPSA) is 63.8 Å². The van der Waals surface area contributed by atoms with Crippen LogP contribution in [0.5, 0.6) is 0 Å². The Hall–Kier alpha value is -2.87. The van der Waals surface area contributed by atoms with Crippen molar-refractivity contribution >= 4 is 22.8 Å². The van der Waals surface area contributed by atoms with Crippen LogP contribution in [0, 0.1) is 18.6 Å². The van der Waals surface area contributed by atoms with Crippen LogP contribution in [-0.4, -0.2) is 14.5 Å². The van der Waals surface area contributed by atoms with Crippen molar-refractivity contribution < 1.29 is 13.2 Å². The van der Waals surface area contributed by atoms with Crippen molar-refractivity contribution in [1.29, 1.82) is 0 Å². The van der Waals surface area contributed by atoms with Crippen molar-refractivity contribution in [3.05, 3.63) is 81.7 Å². The van der Waals surface area contributed by atoms with Crippen molar-refractivity contribution in [3.8, 4) is 0 Å². The van der Waals surface area contributed by atoms with Crippen LogP contribution >= 0.6 is 11.8 Å². The predicted molar refractivity (Wildman–Crippen MR) is 98.8 cm³/mol. The highest BCUT2D eigenvalue weighted by atomic mass is 32.2. The number of hydrogen-bond donors (Lipinski definition) is 1. The van der Waals surface area contributed by atoms with Gasteiger partial charge in [-0.1, -0.05) is 17.8 Å². The zero-order chi connectivity index (χ0) is 19.0. The fourth-order valence-electron chi connectivity index (χ4n) is 2.80. The van der Waals surface area contributed by atoms with E-state index in [2.05, 4.69) is 9.97 Å². The second kappa shape index (κ2) is 7.03. The Morgan fingerprint density at radius 1 is 1.22 bits per heavy atom. The van der Waals surface area contributed by atoms with Crippen LogP contribution in [-0.2, 0) is 12.3 Å². The van der Waals surface area contributed by atoms with Gasteiger partial charge in [-0.05, 0) is 42.8 Å². The van der Waals surface area contributed by atoms with E-state index in [0.717, 1.165) is 17.8 Å². The quantitative estimate of drug-likeness (QED) is 0.411. The molecule has 1 aromatic carbocycles. The van der Waals surface area contributed by atoms with Crippen LogP contribution in [0.25, 0.3) is 11.0 Å². The van der Waals surface area contributed by atoms with Gasteiger partial charge in [0, 0.05) is 11.4 Å². The van der Waals surface area contributed by atoms with E-state index < -0.39 is 11.6 Å². The molecule has 1 N–H and O–H groups in total. The van der Waals surface area contributed by atoms with Gasteiger partial charge in [-0.15, -0.1) is 0 Å². The number of nitrogens with one attached hydrogen (secondary N) is 1. The average Bonchev–Trinajstić information content (AvgIpc) is 3.28. The number of furan rings is 1. The number of nitrogens with zero attached hydrogens (tertiary/aromatic N) is 2. The summed E-state index contributed by atoms with van der Waals surface area (Å²) >= 11 is 1.28. The van der Waals surface area contributed by atoms with Crippen molar-refractivity contribution in [3.63, 3.8) is 0 Å². The van der Waals surface area contributed by atoms with Crippen molar-refractivity contribution in [2.75, 3.05) is 0 Å². The van der Waals surface area contributed by atoms with E-state index in [1.807, 2.05) is 6.92 Å². The number of aromatic amines is 1. The normalized spacial score (nSPS) is 11.4. The van der Waals surface area contributed by atoms with E-state index in [0.29, 0.717) is 33.3 Å². The number of halogens is 2. The zero-order valence-corrected chi connectivity index (χ0v) is 15.1. The van der Waals surface area contributed by atoms with Gasteiger partial charge in [0.25, 0.3) is 5.56 Å². The Bertz CT molecular complexity index is 1170. The van der Waals surface area contributed by atoms with Crippen LogP contribution in [0.15, 0.2) is 57.0 Å². The van der Waals surface area contributed by atoms with Crippen molar-refractivity contribution in [2.45, 2.75) is 24.4 Å². The molecule has 0 aliphatic carbocycles. The van der Waals surface area contributed by atoms with E-state index in [1.54, 1.807) is 24.5 Å². The number of aryl methyl sites for hydroxylation is 1. The largest absolute Gasteiger partial charge is 0.467 e. The molecule has 27 heavy (non-hydrogen) atoms. The van der Waals surface area contributed by atoms with Gasteiger partial charge in [-0.3, -0.25) is 9.36 Å². The lowest BCUT2D eigenvalue weighted by Gasteiger charge is -2.11. The molecule has 8 heteroatoms. The minimum Gasteiger partial charge on any atom is -0.467 e. The molecule has 0 radical (unpaired) electrons. The third-order valence-electron chi connectivity index (χ3n) is 4.08. The Morgan fingerprint density at radius 2 is 2.07 bits per heavy atom. The number of aromatic nitrogens is 3. The lowest BCUT2D eigenvalue weighted by molar-refractivity contribution is 0.476. The summed E-state index contributed by atoms with van der Waals surface area (Å²) in [6.45, 7) is 2.08. The molecule has 4 aromatic rings. The first-order chi connectivity index (χ1) is 13.0. The summed E-state index contributed by atoms with van der Waals surface area (Å²) in [5, 5.41) is 0.479.